The van der Waals surface area contributed by atoms with E-state index in [4.69, 9.17) is 10.8 Å². The molecule has 1 aliphatic carbocycles. The van der Waals surface area contributed by atoms with Crippen molar-refractivity contribution < 1.29 is 4.79 Å². The van der Waals surface area contributed by atoms with Crippen LogP contribution in [0.2, 0.25) is 0 Å². The number of allylic oxidation sites excluding steroid dienone is 3. The van der Waals surface area contributed by atoms with Gasteiger partial charge in [-0.2, -0.15) is 0 Å². The van der Waals surface area contributed by atoms with E-state index in [2.05, 4.69) is 21.8 Å². The number of aromatic nitrogens is 1. The SMILES string of the molecule is C=C(/C=C\C=C(/C)C(=N)N1CCCCC1=N)NC(=O)c1cc2c(cn1)CCN(C1CC1)C2. The van der Waals surface area contributed by atoms with Gasteiger partial charge >= 0.3 is 0 Å². The van der Waals surface area contributed by atoms with Crippen LogP contribution in [0.25, 0.3) is 0 Å². The molecule has 4 rings (SSSR count). The molecule has 0 spiro atoms. The van der Waals surface area contributed by atoms with E-state index in [9.17, 15) is 4.79 Å². The molecule has 0 radical (unpaired) electrons. The van der Waals surface area contributed by atoms with Gasteiger partial charge in [0.2, 0.25) is 0 Å². The molecule has 7 nitrogen and oxygen atoms in total. The number of fused-ring (bicyclic) bond motifs is 1. The van der Waals surface area contributed by atoms with E-state index in [-0.39, 0.29) is 5.91 Å². The summed E-state index contributed by atoms with van der Waals surface area (Å²) in [4.78, 5) is 21.3. The van der Waals surface area contributed by atoms with Crippen LogP contribution in [0.3, 0.4) is 0 Å². The summed E-state index contributed by atoms with van der Waals surface area (Å²) in [6, 6.07) is 2.63. The van der Waals surface area contributed by atoms with E-state index in [0.29, 0.717) is 23.1 Å². The van der Waals surface area contributed by atoms with E-state index in [1.54, 1.807) is 17.1 Å². The second-order valence-corrected chi connectivity index (χ2v) is 8.88. The number of carbonyl (C=O) groups is 1. The van der Waals surface area contributed by atoms with Gasteiger partial charge in [0.25, 0.3) is 5.91 Å². The number of amidine groups is 2. The molecule has 0 atom stereocenters. The number of rotatable bonds is 6. The number of piperidine rings is 1. The number of amides is 1. The number of pyridine rings is 1. The summed E-state index contributed by atoms with van der Waals surface area (Å²) in [5.41, 5.74) is 4.08. The summed E-state index contributed by atoms with van der Waals surface area (Å²) < 4.78 is 0. The fourth-order valence-corrected chi connectivity index (χ4v) is 4.27. The van der Waals surface area contributed by atoms with Crippen molar-refractivity contribution in [1.82, 2.24) is 20.1 Å². The minimum Gasteiger partial charge on any atom is -0.321 e. The zero-order valence-electron chi connectivity index (χ0n) is 18.8. The van der Waals surface area contributed by atoms with Crippen molar-refractivity contribution in [2.24, 2.45) is 0 Å². The minimum absolute atomic E-state index is 0.263. The number of hydrogen-bond acceptors (Lipinski definition) is 5. The standard InChI is InChI=1S/C25H32N6O/c1-17(24(27)31-12-4-3-8-23(31)26)6-5-7-18(2)29-25(32)22-14-20-16-30(21-9-10-21)13-11-19(20)15-28-22/h5-7,14-15,21,26-27H,2-4,8-13,16H2,1H3,(H,29,32)/b7-5-,17-6+,26-23?,27-24?. The lowest BCUT2D eigenvalue weighted by atomic mass is 10.0. The Morgan fingerprint density at radius 3 is 2.81 bits per heavy atom. The Balaban J connectivity index is 1.32. The van der Waals surface area contributed by atoms with Crippen LogP contribution >= 0.6 is 0 Å². The van der Waals surface area contributed by atoms with E-state index in [1.807, 2.05) is 25.3 Å². The minimum atomic E-state index is -0.263. The second-order valence-electron chi connectivity index (χ2n) is 8.88. The largest absolute Gasteiger partial charge is 0.321 e. The van der Waals surface area contributed by atoms with E-state index < -0.39 is 0 Å². The molecule has 1 saturated carbocycles. The summed E-state index contributed by atoms with van der Waals surface area (Å²) in [7, 11) is 0. The van der Waals surface area contributed by atoms with E-state index in [0.717, 1.165) is 56.9 Å². The fraction of sp³-hybridized carbons (Fsp3) is 0.440. The highest BCUT2D eigenvalue weighted by Crippen LogP contribution is 2.31. The summed E-state index contributed by atoms with van der Waals surface area (Å²) >= 11 is 0. The Bertz CT molecular complexity index is 1000. The molecule has 0 aromatic carbocycles. The predicted molar refractivity (Wildman–Crippen MR) is 127 cm³/mol. The Morgan fingerprint density at radius 1 is 1.25 bits per heavy atom. The lowest BCUT2D eigenvalue weighted by Crippen LogP contribution is -2.39. The van der Waals surface area contributed by atoms with E-state index >= 15 is 0 Å². The molecule has 1 aromatic heterocycles. The molecule has 3 heterocycles. The van der Waals surface area contributed by atoms with Crippen molar-refractivity contribution >= 4 is 17.6 Å². The van der Waals surface area contributed by atoms with Gasteiger partial charge in [-0.1, -0.05) is 18.7 Å². The van der Waals surface area contributed by atoms with Crippen molar-refractivity contribution in [3.8, 4) is 0 Å². The number of nitrogens with zero attached hydrogens (tertiary/aromatic N) is 3. The monoisotopic (exact) mass is 432 g/mol. The second kappa shape index (κ2) is 9.61. The number of hydrogen-bond donors (Lipinski definition) is 3. The molecule has 1 amide bonds. The fourth-order valence-electron chi connectivity index (χ4n) is 4.27. The summed E-state index contributed by atoms with van der Waals surface area (Å²) in [5.74, 6) is 0.598. The predicted octanol–water partition coefficient (Wildman–Crippen LogP) is 3.79. The maximum absolute atomic E-state index is 12.7. The third-order valence-corrected chi connectivity index (χ3v) is 6.35. The molecule has 32 heavy (non-hydrogen) atoms. The van der Waals surface area contributed by atoms with Gasteiger partial charge in [0, 0.05) is 44.0 Å². The molecule has 1 aromatic rings. The zero-order chi connectivity index (χ0) is 22.7. The van der Waals surface area contributed by atoms with Crippen LogP contribution in [0.4, 0.5) is 0 Å². The van der Waals surface area contributed by atoms with E-state index in [1.165, 1.54) is 24.0 Å². The molecule has 0 bridgehead atoms. The Hall–Kier alpha value is -3.06. The summed E-state index contributed by atoms with van der Waals surface area (Å²) in [5, 5.41) is 19.2. The van der Waals surface area contributed by atoms with Gasteiger partial charge in [-0.3, -0.25) is 25.5 Å². The molecule has 2 aliphatic heterocycles. The first-order chi connectivity index (χ1) is 15.4. The van der Waals surface area contributed by atoms with Gasteiger partial charge in [0.15, 0.2) is 0 Å². The van der Waals surface area contributed by atoms with Gasteiger partial charge in [0.1, 0.15) is 17.4 Å². The van der Waals surface area contributed by atoms with Gasteiger partial charge in [0.05, 0.1) is 0 Å². The lowest BCUT2D eigenvalue weighted by molar-refractivity contribution is 0.0962. The first-order valence-electron chi connectivity index (χ1n) is 11.4. The van der Waals surface area contributed by atoms with Crippen LogP contribution in [-0.2, 0) is 13.0 Å². The smallest absolute Gasteiger partial charge is 0.274 e. The van der Waals surface area contributed by atoms with Crippen molar-refractivity contribution in [3.63, 3.8) is 0 Å². The molecule has 7 heteroatoms. The normalized spacial score (nSPS) is 19.7. The van der Waals surface area contributed by atoms with Gasteiger partial charge < -0.3 is 10.2 Å². The topological polar surface area (TPSA) is 96.2 Å². The Morgan fingerprint density at radius 2 is 2.06 bits per heavy atom. The molecule has 3 aliphatic rings. The van der Waals surface area contributed by atoms with Crippen molar-refractivity contribution in [2.75, 3.05) is 13.1 Å². The maximum Gasteiger partial charge on any atom is 0.274 e. The highest BCUT2D eigenvalue weighted by molar-refractivity contribution is 6.06. The Kier molecular flexibility index (Phi) is 6.65. The highest BCUT2D eigenvalue weighted by Gasteiger charge is 2.31. The van der Waals surface area contributed by atoms with Crippen molar-refractivity contribution in [2.45, 2.75) is 58.0 Å². The number of nitrogens with one attached hydrogen (secondary N) is 3. The third kappa shape index (κ3) is 5.22. The molecular weight excluding hydrogens is 400 g/mol. The van der Waals surface area contributed by atoms with Crippen LogP contribution in [0, 0.1) is 10.8 Å². The third-order valence-electron chi connectivity index (χ3n) is 6.35. The zero-order valence-corrected chi connectivity index (χ0v) is 18.8. The van der Waals surface area contributed by atoms with Crippen LogP contribution in [0.1, 0.15) is 60.6 Å². The quantitative estimate of drug-likeness (QED) is 0.362. The Labute approximate surface area is 189 Å². The summed E-state index contributed by atoms with van der Waals surface area (Å²) in [6.45, 7) is 8.47. The van der Waals surface area contributed by atoms with Crippen LogP contribution in [-0.4, -0.2) is 51.5 Å². The highest BCUT2D eigenvalue weighted by atomic mass is 16.1. The van der Waals surface area contributed by atoms with Crippen molar-refractivity contribution in [3.05, 3.63) is 65.2 Å². The van der Waals surface area contributed by atoms with Crippen molar-refractivity contribution in [1.29, 1.82) is 10.8 Å². The van der Waals surface area contributed by atoms with Gasteiger partial charge in [-0.15, -0.1) is 0 Å². The maximum atomic E-state index is 12.7. The molecule has 3 N–H and O–H groups in total. The number of carbonyl (C=O) groups excluding carboxylic acids is 1. The molecule has 168 valence electrons. The van der Waals surface area contributed by atoms with Gasteiger partial charge in [-0.25, -0.2) is 0 Å². The first kappa shape index (κ1) is 22.1. The number of likely N-dealkylation sites (tertiary alicyclic amines) is 1. The first-order valence-corrected chi connectivity index (χ1v) is 11.4. The molecule has 1 saturated heterocycles. The van der Waals surface area contributed by atoms with Crippen LogP contribution in [0.15, 0.2) is 48.3 Å². The molecule has 2 fully saturated rings. The summed E-state index contributed by atoms with van der Waals surface area (Å²) in [6.07, 6.45) is 13.4. The molecular formula is C25H32N6O. The lowest BCUT2D eigenvalue weighted by Gasteiger charge is -2.29. The van der Waals surface area contributed by atoms with Crippen LogP contribution in [0.5, 0.6) is 0 Å². The molecule has 0 unspecified atom stereocenters. The average Bonchev–Trinajstić information content (AvgIpc) is 3.63. The van der Waals surface area contributed by atoms with Gasteiger partial charge in [-0.05, 0) is 67.9 Å². The average molecular weight is 433 g/mol. The van der Waals surface area contributed by atoms with Crippen LogP contribution < -0.4 is 5.32 Å².